The average molecular weight is 222 g/mol. The van der Waals surface area contributed by atoms with E-state index in [1.54, 1.807) is 0 Å². The van der Waals surface area contributed by atoms with Crippen LogP contribution >= 0.6 is 0 Å². The molecule has 0 saturated carbocycles. The van der Waals surface area contributed by atoms with Crippen molar-refractivity contribution in [2.45, 2.75) is 59.4 Å². The third-order valence-corrected chi connectivity index (χ3v) is 2.76. The molecule has 0 atom stereocenters. The van der Waals surface area contributed by atoms with Crippen molar-refractivity contribution in [3.63, 3.8) is 0 Å². The fraction of sp³-hybridized carbons (Fsp3) is 0.692. The predicted octanol–water partition coefficient (Wildman–Crippen LogP) is 2.77. The summed E-state index contributed by atoms with van der Waals surface area (Å²) >= 11 is 0. The molecule has 1 rings (SSSR count). The summed E-state index contributed by atoms with van der Waals surface area (Å²) in [6.07, 6.45) is 4.26. The van der Waals surface area contributed by atoms with E-state index in [4.69, 9.17) is 0 Å². The van der Waals surface area contributed by atoms with Crippen LogP contribution in [0.2, 0.25) is 0 Å². The summed E-state index contributed by atoms with van der Waals surface area (Å²) in [5.41, 5.74) is 2.15. The number of nitrogens with zero attached hydrogens (tertiary/aromatic N) is 2. The van der Waals surface area contributed by atoms with Crippen molar-refractivity contribution in [1.29, 1.82) is 0 Å². The molecule has 0 fully saturated rings. The molecule has 0 N–H and O–H groups in total. The van der Waals surface area contributed by atoms with Crippen LogP contribution in [0.5, 0.6) is 0 Å². The summed E-state index contributed by atoms with van der Waals surface area (Å²) in [6.45, 7) is 7.10. The van der Waals surface area contributed by atoms with Crippen LogP contribution in [-0.2, 0) is 24.2 Å². The lowest BCUT2D eigenvalue weighted by atomic mass is 10.1. The molecule has 0 aliphatic carbocycles. The van der Waals surface area contributed by atoms with Crippen molar-refractivity contribution in [3.8, 4) is 0 Å². The first-order valence-electron chi connectivity index (χ1n) is 6.28. The molecule has 16 heavy (non-hydrogen) atoms. The summed E-state index contributed by atoms with van der Waals surface area (Å²) < 4.78 is 1.95. The van der Waals surface area contributed by atoms with Crippen LogP contribution in [0.15, 0.2) is 6.07 Å². The molecule has 1 aromatic rings. The summed E-state index contributed by atoms with van der Waals surface area (Å²) in [5, 5.41) is 4.44. The van der Waals surface area contributed by atoms with Gasteiger partial charge in [-0.3, -0.25) is 9.48 Å². The Kier molecular flexibility index (Phi) is 5.23. The highest BCUT2D eigenvalue weighted by Gasteiger charge is 2.09. The SMILES string of the molecule is CCCCC(=O)Cc1cc(CC)nn1CC. The minimum absolute atomic E-state index is 0.333. The number of carbonyl (C=O) groups is 1. The number of unbranched alkanes of at least 4 members (excludes halogenated alkanes) is 1. The Morgan fingerprint density at radius 1 is 1.38 bits per heavy atom. The van der Waals surface area contributed by atoms with Gasteiger partial charge in [-0.1, -0.05) is 20.3 Å². The number of aromatic nitrogens is 2. The lowest BCUT2D eigenvalue weighted by molar-refractivity contribution is -0.118. The lowest BCUT2D eigenvalue weighted by Gasteiger charge is -2.03. The molecule has 0 saturated heterocycles. The fourth-order valence-electron chi connectivity index (χ4n) is 1.77. The van der Waals surface area contributed by atoms with E-state index in [0.717, 1.165) is 37.2 Å². The molecule has 3 heteroatoms. The Morgan fingerprint density at radius 3 is 2.69 bits per heavy atom. The maximum atomic E-state index is 11.7. The van der Waals surface area contributed by atoms with Gasteiger partial charge in [-0.25, -0.2) is 0 Å². The molecule has 0 unspecified atom stereocenters. The molecule has 0 radical (unpaired) electrons. The minimum atomic E-state index is 0.333. The standard InChI is InChI=1S/C13H22N2O/c1-4-7-8-13(16)10-12-9-11(5-2)14-15(12)6-3/h9H,4-8,10H2,1-3H3. The maximum absolute atomic E-state index is 11.7. The van der Waals surface area contributed by atoms with Gasteiger partial charge in [0.05, 0.1) is 5.69 Å². The summed E-state index contributed by atoms with van der Waals surface area (Å²) in [6, 6.07) is 2.06. The van der Waals surface area contributed by atoms with Gasteiger partial charge in [0, 0.05) is 25.1 Å². The van der Waals surface area contributed by atoms with Gasteiger partial charge >= 0.3 is 0 Å². The van der Waals surface area contributed by atoms with Gasteiger partial charge in [-0.2, -0.15) is 5.10 Å². The van der Waals surface area contributed by atoms with E-state index < -0.39 is 0 Å². The van der Waals surface area contributed by atoms with Crippen LogP contribution in [-0.4, -0.2) is 15.6 Å². The summed E-state index contributed by atoms with van der Waals surface area (Å²) in [4.78, 5) is 11.7. The Hall–Kier alpha value is -1.12. The van der Waals surface area contributed by atoms with E-state index in [1.807, 2.05) is 4.68 Å². The van der Waals surface area contributed by atoms with Crippen LogP contribution < -0.4 is 0 Å². The number of ketones is 1. The highest BCUT2D eigenvalue weighted by molar-refractivity contribution is 5.80. The highest BCUT2D eigenvalue weighted by Crippen LogP contribution is 2.09. The van der Waals surface area contributed by atoms with Gasteiger partial charge in [0.1, 0.15) is 5.78 Å². The topological polar surface area (TPSA) is 34.9 Å². The Balaban J connectivity index is 2.64. The van der Waals surface area contributed by atoms with Crippen molar-refractivity contribution >= 4 is 5.78 Å². The first-order valence-corrected chi connectivity index (χ1v) is 6.28. The van der Waals surface area contributed by atoms with Crippen molar-refractivity contribution < 1.29 is 4.79 Å². The summed E-state index contributed by atoms with van der Waals surface area (Å²) in [7, 11) is 0. The second-order valence-electron chi connectivity index (χ2n) is 4.12. The van der Waals surface area contributed by atoms with E-state index in [-0.39, 0.29) is 0 Å². The molecule has 90 valence electrons. The predicted molar refractivity (Wildman–Crippen MR) is 65.5 cm³/mol. The van der Waals surface area contributed by atoms with Crippen LogP contribution in [0.1, 0.15) is 51.4 Å². The number of carbonyl (C=O) groups excluding carboxylic acids is 1. The van der Waals surface area contributed by atoms with E-state index in [2.05, 4.69) is 31.9 Å². The first kappa shape index (κ1) is 12.9. The van der Waals surface area contributed by atoms with Crippen molar-refractivity contribution in [1.82, 2.24) is 9.78 Å². The third kappa shape index (κ3) is 3.47. The lowest BCUT2D eigenvalue weighted by Crippen LogP contribution is -2.09. The van der Waals surface area contributed by atoms with Crippen molar-refractivity contribution in [2.75, 3.05) is 0 Å². The monoisotopic (exact) mass is 222 g/mol. The van der Waals surface area contributed by atoms with Gasteiger partial charge in [-0.05, 0) is 25.8 Å². The van der Waals surface area contributed by atoms with Crippen LogP contribution in [0, 0.1) is 0 Å². The molecule has 0 aliphatic heterocycles. The Bertz CT molecular complexity index is 342. The molecule has 0 aromatic carbocycles. The number of hydrogen-bond donors (Lipinski definition) is 0. The zero-order valence-corrected chi connectivity index (χ0v) is 10.6. The third-order valence-electron chi connectivity index (χ3n) is 2.76. The van der Waals surface area contributed by atoms with Crippen LogP contribution in [0.4, 0.5) is 0 Å². The van der Waals surface area contributed by atoms with Crippen molar-refractivity contribution in [2.24, 2.45) is 0 Å². The number of aryl methyl sites for hydroxylation is 2. The average Bonchev–Trinajstić information content (AvgIpc) is 2.68. The van der Waals surface area contributed by atoms with Gasteiger partial charge in [0.25, 0.3) is 0 Å². The number of rotatable bonds is 7. The van der Waals surface area contributed by atoms with Crippen LogP contribution in [0.25, 0.3) is 0 Å². The number of Topliss-reactive ketones (excluding diaryl/α,β-unsaturated/α-hetero) is 1. The highest BCUT2D eigenvalue weighted by atomic mass is 16.1. The second-order valence-corrected chi connectivity index (χ2v) is 4.12. The van der Waals surface area contributed by atoms with E-state index in [9.17, 15) is 4.79 Å². The fourth-order valence-corrected chi connectivity index (χ4v) is 1.77. The normalized spacial score (nSPS) is 10.7. The Morgan fingerprint density at radius 2 is 2.12 bits per heavy atom. The largest absolute Gasteiger partial charge is 0.299 e. The second kappa shape index (κ2) is 6.46. The maximum Gasteiger partial charge on any atom is 0.138 e. The van der Waals surface area contributed by atoms with E-state index in [0.29, 0.717) is 18.6 Å². The molecular formula is C13H22N2O. The molecule has 0 bridgehead atoms. The van der Waals surface area contributed by atoms with E-state index in [1.165, 1.54) is 0 Å². The van der Waals surface area contributed by atoms with Gasteiger partial charge in [0.15, 0.2) is 0 Å². The Labute approximate surface area is 97.8 Å². The van der Waals surface area contributed by atoms with E-state index >= 15 is 0 Å². The molecule has 0 amide bonds. The zero-order chi connectivity index (χ0) is 12.0. The molecule has 1 heterocycles. The van der Waals surface area contributed by atoms with Gasteiger partial charge in [0.2, 0.25) is 0 Å². The number of hydrogen-bond acceptors (Lipinski definition) is 2. The first-order chi connectivity index (χ1) is 7.71. The quantitative estimate of drug-likeness (QED) is 0.711. The smallest absolute Gasteiger partial charge is 0.138 e. The molecule has 3 nitrogen and oxygen atoms in total. The molecular weight excluding hydrogens is 200 g/mol. The minimum Gasteiger partial charge on any atom is -0.299 e. The van der Waals surface area contributed by atoms with Gasteiger partial charge in [-0.15, -0.1) is 0 Å². The van der Waals surface area contributed by atoms with Crippen molar-refractivity contribution in [3.05, 3.63) is 17.5 Å². The molecule has 0 aliphatic rings. The van der Waals surface area contributed by atoms with Crippen LogP contribution in [0.3, 0.4) is 0 Å². The zero-order valence-electron chi connectivity index (χ0n) is 10.6. The summed E-state index contributed by atoms with van der Waals surface area (Å²) in [5.74, 6) is 0.333. The molecule has 0 spiro atoms. The van der Waals surface area contributed by atoms with Gasteiger partial charge < -0.3 is 0 Å². The molecule has 1 aromatic heterocycles.